The Morgan fingerprint density at radius 1 is 1.24 bits per heavy atom. The van der Waals surface area contributed by atoms with Crippen LogP contribution in [-0.4, -0.2) is 26.3 Å². The van der Waals surface area contributed by atoms with Crippen LogP contribution in [0.2, 0.25) is 0 Å². The fourth-order valence-corrected chi connectivity index (χ4v) is 1.13. The maximum atomic E-state index is 11.2. The second kappa shape index (κ2) is 6.58. The van der Waals surface area contributed by atoms with Gasteiger partial charge < -0.3 is 14.2 Å². The Balaban J connectivity index is 2.44. The molecule has 4 nitrogen and oxygen atoms in total. The van der Waals surface area contributed by atoms with Gasteiger partial charge in [0.25, 0.3) is 0 Å². The van der Waals surface area contributed by atoms with Crippen LogP contribution in [0.15, 0.2) is 36.4 Å². The third-order valence-electron chi connectivity index (χ3n) is 2.04. The molecule has 0 spiro atoms. The van der Waals surface area contributed by atoms with E-state index in [2.05, 4.69) is 6.58 Å². The minimum Gasteiger partial charge on any atom is -0.497 e. The van der Waals surface area contributed by atoms with Gasteiger partial charge in [0.1, 0.15) is 18.1 Å². The van der Waals surface area contributed by atoms with Crippen LogP contribution in [0.4, 0.5) is 0 Å². The van der Waals surface area contributed by atoms with Crippen molar-refractivity contribution in [3.8, 4) is 11.5 Å². The largest absolute Gasteiger partial charge is 0.497 e. The highest BCUT2D eigenvalue weighted by Crippen LogP contribution is 2.17. The lowest BCUT2D eigenvalue weighted by atomic mass is 10.3. The summed E-state index contributed by atoms with van der Waals surface area (Å²) in [6.07, 6.45) is 0. The summed E-state index contributed by atoms with van der Waals surface area (Å²) in [5.41, 5.74) is 0.294. The van der Waals surface area contributed by atoms with Crippen LogP contribution in [0.3, 0.4) is 0 Å². The Morgan fingerprint density at radius 3 is 2.35 bits per heavy atom. The minimum atomic E-state index is -0.430. The topological polar surface area (TPSA) is 44.8 Å². The second-order valence-corrected chi connectivity index (χ2v) is 3.29. The van der Waals surface area contributed by atoms with Crippen LogP contribution in [0.5, 0.6) is 11.5 Å². The molecule has 1 aromatic rings. The SMILES string of the molecule is C=C(COc1ccc(OC)cc1)C(=O)OCC. The molecule has 0 bridgehead atoms. The van der Waals surface area contributed by atoms with E-state index >= 15 is 0 Å². The Morgan fingerprint density at radius 2 is 1.82 bits per heavy atom. The van der Waals surface area contributed by atoms with E-state index in [0.717, 1.165) is 5.75 Å². The standard InChI is InChI=1S/C13H16O4/c1-4-16-13(14)10(2)9-17-12-7-5-11(15-3)6-8-12/h5-8H,2,4,9H2,1,3H3. The lowest BCUT2D eigenvalue weighted by Gasteiger charge is -2.08. The summed E-state index contributed by atoms with van der Waals surface area (Å²) in [5, 5.41) is 0. The Bertz CT molecular complexity index is 381. The van der Waals surface area contributed by atoms with Gasteiger partial charge in [-0.05, 0) is 31.2 Å². The van der Waals surface area contributed by atoms with Crippen LogP contribution in [-0.2, 0) is 9.53 Å². The molecule has 0 aliphatic rings. The molecule has 0 saturated carbocycles. The number of hydrogen-bond donors (Lipinski definition) is 0. The van der Waals surface area contributed by atoms with Crippen molar-refractivity contribution in [2.24, 2.45) is 0 Å². The van der Waals surface area contributed by atoms with E-state index in [1.165, 1.54) is 0 Å². The molecule has 0 heterocycles. The lowest BCUT2D eigenvalue weighted by molar-refractivity contribution is -0.138. The van der Waals surface area contributed by atoms with E-state index in [1.54, 1.807) is 38.3 Å². The number of carbonyl (C=O) groups excluding carboxylic acids is 1. The Hall–Kier alpha value is -1.97. The van der Waals surface area contributed by atoms with Gasteiger partial charge in [0.05, 0.1) is 19.3 Å². The van der Waals surface area contributed by atoms with Gasteiger partial charge in [-0.25, -0.2) is 4.79 Å². The number of rotatable bonds is 6. The molecule has 17 heavy (non-hydrogen) atoms. The van der Waals surface area contributed by atoms with E-state index in [-0.39, 0.29) is 6.61 Å². The first kappa shape index (κ1) is 13.1. The molecule has 0 radical (unpaired) electrons. The summed E-state index contributed by atoms with van der Waals surface area (Å²) in [7, 11) is 1.60. The van der Waals surface area contributed by atoms with Crippen molar-refractivity contribution in [3.63, 3.8) is 0 Å². The van der Waals surface area contributed by atoms with E-state index in [9.17, 15) is 4.79 Å². The van der Waals surface area contributed by atoms with Crippen molar-refractivity contribution in [1.82, 2.24) is 0 Å². The molecule has 0 saturated heterocycles. The smallest absolute Gasteiger partial charge is 0.336 e. The highest BCUT2D eigenvalue weighted by atomic mass is 16.5. The van der Waals surface area contributed by atoms with Gasteiger partial charge >= 0.3 is 5.97 Å². The first-order valence-corrected chi connectivity index (χ1v) is 5.29. The number of methoxy groups -OCH3 is 1. The fraction of sp³-hybridized carbons (Fsp3) is 0.308. The van der Waals surface area contributed by atoms with Crippen molar-refractivity contribution in [2.75, 3.05) is 20.3 Å². The Kier molecular flexibility index (Phi) is 5.07. The highest BCUT2D eigenvalue weighted by Gasteiger charge is 2.08. The predicted octanol–water partition coefficient (Wildman–Crippen LogP) is 2.19. The molecule has 1 aromatic carbocycles. The van der Waals surface area contributed by atoms with Crippen LogP contribution in [0, 0.1) is 0 Å². The maximum Gasteiger partial charge on any atom is 0.336 e. The monoisotopic (exact) mass is 236 g/mol. The van der Waals surface area contributed by atoms with Crippen LogP contribution in [0.1, 0.15) is 6.92 Å². The number of ether oxygens (including phenoxy) is 3. The summed E-state index contributed by atoms with van der Waals surface area (Å²) in [5.74, 6) is 0.971. The summed E-state index contributed by atoms with van der Waals surface area (Å²) in [4.78, 5) is 11.2. The average Bonchev–Trinajstić information content (AvgIpc) is 2.36. The molecule has 0 N–H and O–H groups in total. The van der Waals surface area contributed by atoms with Crippen molar-refractivity contribution < 1.29 is 19.0 Å². The van der Waals surface area contributed by atoms with Crippen molar-refractivity contribution in [2.45, 2.75) is 6.92 Å². The second-order valence-electron chi connectivity index (χ2n) is 3.29. The Labute approximate surface area is 101 Å². The third-order valence-corrected chi connectivity index (χ3v) is 2.04. The van der Waals surface area contributed by atoms with Crippen LogP contribution < -0.4 is 9.47 Å². The third kappa shape index (κ3) is 4.18. The molecule has 0 aromatic heterocycles. The molecular formula is C13H16O4. The molecule has 0 atom stereocenters. The number of benzene rings is 1. The van der Waals surface area contributed by atoms with Crippen LogP contribution >= 0.6 is 0 Å². The van der Waals surface area contributed by atoms with Crippen molar-refractivity contribution in [1.29, 1.82) is 0 Å². The van der Waals surface area contributed by atoms with Gasteiger partial charge in [-0.1, -0.05) is 6.58 Å². The molecular weight excluding hydrogens is 220 g/mol. The summed E-state index contributed by atoms with van der Waals surface area (Å²) in [6.45, 7) is 5.79. The summed E-state index contributed by atoms with van der Waals surface area (Å²) < 4.78 is 15.2. The molecule has 4 heteroatoms. The highest BCUT2D eigenvalue weighted by molar-refractivity contribution is 5.88. The van der Waals surface area contributed by atoms with E-state index < -0.39 is 5.97 Å². The number of carbonyl (C=O) groups is 1. The lowest BCUT2D eigenvalue weighted by Crippen LogP contribution is -2.13. The van der Waals surface area contributed by atoms with Gasteiger partial charge in [-0.15, -0.1) is 0 Å². The van der Waals surface area contributed by atoms with Gasteiger partial charge in [0.2, 0.25) is 0 Å². The molecule has 0 amide bonds. The zero-order valence-electron chi connectivity index (χ0n) is 10.1. The van der Waals surface area contributed by atoms with Gasteiger partial charge in [0, 0.05) is 0 Å². The number of hydrogen-bond acceptors (Lipinski definition) is 4. The minimum absolute atomic E-state index is 0.116. The maximum absolute atomic E-state index is 11.2. The molecule has 0 aliphatic carbocycles. The van der Waals surface area contributed by atoms with Crippen LogP contribution in [0.25, 0.3) is 0 Å². The summed E-state index contributed by atoms with van der Waals surface area (Å²) >= 11 is 0. The normalized spacial score (nSPS) is 9.53. The fourth-order valence-electron chi connectivity index (χ4n) is 1.13. The molecule has 0 unspecified atom stereocenters. The molecule has 0 fully saturated rings. The first-order valence-electron chi connectivity index (χ1n) is 5.29. The number of esters is 1. The molecule has 1 rings (SSSR count). The van der Waals surface area contributed by atoms with E-state index in [1.807, 2.05) is 0 Å². The molecule has 92 valence electrons. The summed E-state index contributed by atoms with van der Waals surface area (Å²) in [6, 6.07) is 7.08. The van der Waals surface area contributed by atoms with Gasteiger partial charge in [-0.3, -0.25) is 0 Å². The quantitative estimate of drug-likeness (QED) is 0.561. The first-order chi connectivity index (χ1) is 8.17. The zero-order chi connectivity index (χ0) is 12.7. The van der Waals surface area contributed by atoms with Crippen molar-refractivity contribution in [3.05, 3.63) is 36.4 Å². The molecule has 0 aliphatic heterocycles. The van der Waals surface area contributed by atoms with Crippen molar-refractivity contribution >= 4 is 5.97 Å². The van der Waals surface area contributed by atoms with Gasteiger partial charge in [-0.2, -0.15) is 0 Å². The zero-order valence-corrected chi connectivity index (χ0v) is 10.1. The average molecular weight is 236 g/mol. The van der Waals surface area contributed by atoms with E-state index in [4.69, 9.17) is 14.2 Å². The predicted molar refractivity (Wildman–Crippen MR) is 64.3 cm³/mol. The van der Waals surface area contributed by atoms with E-state index in [0.29, 0.717) is 17.9 Å². The van der Waals surface area contributed by atoms with Gasteiger partial charge in [0.15, 0.2) is 0 Å².